The van der Waals surface area contributed by atoms with Crippen LogP contribution in [0.5, 0.6) is 5.75 Å². The molecule has 1 N–H and O–H groups in total. The largest absolute Gasteiger partial charge is 0.508 e. The molecule has 1 aromatic carbocycles. The quantitative estimate of drug-likeness (QED) is 0.912. The lowest BCUT2D eigenvalue weighted by Gasteiger charge is -2.17. The van der Waals surface area contributed by atoms with Gasteiger partial charge in [0.1, 0.15) is 10.6 Å². The maximum absolute atomic E-state index is 12.4. The first-order chi connectivity index (χ1) is 9.39. The summed E-state index contributed by atoms with van der Waals surface area (Å²) in [5, 5.41) is 9.21. The summed E-state index contributed by atoms with van der Waals surface area (Å²) in [5.74, 6) is 0.149. The number of phenolic OH excluding ortho intramolecular Hbond substituents is 1. The molecule has 0 unspecified atom stereocenters. The molecule has 2 aromatic rings. The summed E-state index contributed by atoms with van der Waals surface area (Å²) in [6.07, 6.45) is 2.84. The van der Waals surface area contributed by atoms with Crippen molar-refractivity contribution >= 4 is 26.0 Å². The molecular weight excluding hydrogens is 344 g/mol. The van der Waals surface area contributed by atoms with Gasteiger partial charge in [-0.15, -0.1) is 0 Å². The van der Waals surface area contributed by atoms with Crippen LogP contribution in [-0.2, 0) is 16.6 Å². The molecule has 0 atom stereocenters. The standard InChI is InChI=1S/C13H13BrN2O3S/c1-16(9-10-2-4-12(17)5-3-10)20(18,19)13-6-11(14)7-15-8-13/h2-8,17H,9H2,1H3. The van der Waals surface area contributed by atoms with E-state index in [4.69, 9.17) is 0 Å². The van der Waals surface area contributed by atoms with Crippen molar-refractivity contribution in [2.75, 3.05) is 7.05 Å². The fourth-order valence-corrected chi connectivity index (χ4v) is 3.32. The number of halogens is 1. The maximum atomic E-state index is 12.4. The zero-order valence-corrected chi connectivity index (χ0v) is 13.1. The Morgan fingerprint density at radius 2 is 1.90 bits per heavy atom. The van der Waals surface area contributed by atoms with E-state index in [0.29, 0.717) is 4.47 Å². The third-order valence-corrected chi connectivity index (χ3v) is 4.93. The summed E-state index contributed by atoms with van der Waals surface area (Å²) < 4.78 is 26.6. The monoisotopic (exact) mass is 356 g/mol. The second-order valence-corrected chi connectivity index (χ2v) is 7.23. The topological polar surface area (TPSA) is 70.5 Å². The lowest BCUT2D eigenvalue weighted by atomic mass is 10.2. The number of phenols is 1. The molecule has 0 aliphatic carbocycles. The predicted octanol–water partition coefficient (Wildman–Crippen LogP) is 2.37. The summed E-state index contributed by atoms with van der Waals surface area (Å²) in [6, 6.07) is 7.92. The molecule has 1 aromatic heterocycles. The van der Waals surface area contributed by atoms with E-state index in [2.05, 4.69) is 20.9 Å². The van der Waals surface area contributed by atoms with E-state index < -0.39 is 10.0 Å². The van der Waals surface area contributed by atoms with Gasteiger partial charge in [-0.1, -0.05) is 12.1 Å². The fraction of sp³-hybridized carbons (Fsp3) is 0.154. The van der Waals surface area contributed by atoms with Crippen molar-refractivity contribution in [3.63, 3.8) is 0 Å². The Labute approximate surface area is 126 Å². The zero-order valence-electron chi connectivity index (χ0n) is 10.7. The van der Waals surface area contributed by atoms with E-state index in [1.165, 1.54) is 41.9 Å². The van der Waals surface area contributed by atoms with Crippen molar-refractivity contribution in [3.05, 3.63) is 52.8 Å². The molecule has 0 amide bonds. The molecule has 0 aliphatic heterocycles. The molecule has 0 fully saturated rings. The summed E-state index contributed by atoms with van der Waals surface area (Å²) in [5.41, 5.74) is 0.789. The van der Waals surface area contributed by atoms with E-state index >= 15 is 0 Å². The second-order valence-electron chi connectivity index (χ2n) is 4.27. The number of hydrogen-bond acceptors (Lipinski definition) is 4. The zero-order chi connectivity index (χ0) is 14.8. The van der Waals surface area contributed by atoms with Crippen molar-refractivity contribution in [1.82, 2.24) is 9.29 Å². The first-order valence-corrected chi connectivity index (χ1v) is 7.98. The summed E-state index contributed by atoms with van der Waals surface area (Å²) in [4.78, 5) is 4.00. The van der Waals surface area contributed by atoms with Crippen molar-refractivity contribution in [3.8, 4) is 5.75 Å². The molecule has 0 radical (unpaired) electrons. The number of hydrogen-bond donors (Lipinski definition) is 1. The van der Waals surface area contributed by atoms with Crippen LogP contribution in [0.25, 0.3) is 0 Å². The number of pyridine rings is 1. The molecule has 5 nitrogen and oxygen atoms in total. The second kappa shape index (κ2) is 5.90. The Bertz CT molecular complexity index is 702. The van der Waals surface area contributed by atoms with Crippen molar-refractivity contribution < 1.29 is 13.5 Å². The SMILES string of the molecule is CN(Cc1ccc(O)cc1)S(=O)(=O)c1cncc(Br)c1. The first kappa shape index (κ1) is 15.0. The summed E-state index contributed by atoms with van der Waals surface area (Å²) in [7, 11) is -2.09. The molecule has 0 saturated heterocycles. The number of sulfonamides is 1. The van der Waals surface area contributed by atoms with E-state index in [0.717, 1.165) is 5.56 Å². The van der Waals surface area contributed by atoms with E-state index in [-0.39, 0.29) is 17.2 Å². The van der Waals surface area contributed by atoms with Crippen LogP contribution < -0.4 is 0 Å². The highest BCUT2D eigenvalue weighted by molar-refractivity contribution is 9.10. The average Bonchev–Trinajstić information content (AvgIpc) is 2.41. The Kier molecular flexibility index (Phi) is 4.42. The van der Waals surface area contributed by atoms with Crippen LogP contribution in [0.1, 0.15) is 5.56 Å². The normalized spacial score (nSPS) is 11.8. The molecule has 20 heavy (non-hydrogen) atoms. The highest BCUT2D eigenvalue weighted by atomic mass is 79.9. The fourth-order valence-electron chi connectivity index (χ4n) is 1.66. The van der Waals surface area contributed by atoms with Gasteiger partial charge in [0, 0.05) is 30.5 Å². The van der Waals surface area contributed by atoms with Gasteiger partial charge in [-0.25, -0.2) is 8.42 Å². The van der Waals surface area contributed by atoms with Gasteiger partial charge >= 0.3 is 0 Å². The highest BCUT2D eigenvalue weighted by Gasteiger charge is 2.21. The van der Waals surface area contributed by atoms with Gasteiger partial charge in [-0.05, 0) is 39.7 Å². The van der Waals surface area contributed by atoms with Gasteiger partial charge < -0.3 is 5.11 Å². The van der Waals surface area contributed by atoms with Gasteiger partial charge in [0.2, 0.25) is 10.0 Å². The van der Waals surface area contributed by atoms with Crippen LogP contribution in [0, 0.1) is 0 Å². The first-order valence-electron chi connectivity index (χ1n) is 5.74. The molecular formula is C13H13BrN2O3S. The lowest BCUT2D eigenvalue weighted by molar-refractivity contribution is 0.463. The van der Waals surface area contributed by atoms with Crippen LogP contribution in [-0.4, -0.2) is 29.9 Å². The van der Waals surface area contributed by atoms with Gasteiger partial charge in [-0.2, -0.15) is 4.31 Å². The Morgan fingerprint density at radius 3 is 2.50 bits per heavy atom. The number of rotatable bonds is 4. The Balaban J connectivity index is 2.23. The predicted molar refractivity (Wildman–Crippen MR) is 78.7 cm³/mol. The molecule has 106 valence electrons. The van der Waals surface area contributed by atoms with Gasteiger partial charge in [-0.3, -0.25) is 4.98 Å². The average molecular weight is 357 g/mol. The molecule has 0 bridgehead atoms. The summed E-state index contributed by atoms with van der Waals surface area (Å²) >= 11 is 3.21. The maximum Gasteiger partial charge on any atom is 0.244 e. The number of aromatic hydroxyl groups is 1. The summed E-state index contributed by atoms with van der Waals surface area (Å²) in [6.45, 7) is 0.217. The van der Waals surface area contributed by atoms with Crippen LogP contribution in [0.15, 0.2) is 52.1 Å². The minimum atomic E-state index is -3.59. The smallest absolute Gasteiger partial charge is 0.244 e. The molecule has 0 spiro atoms. The van der Waals surface area contributed by atoms with Crippen LogP contribution in [0.2, 0.25) is 0 Å². The third kappa shape index (κ3) is 3.36. The third-order valence-electron chi connectivity index (χ3n) is 2.73. The van der Waals surface area contributed by atoms with E-state index in [1.54, 1.807) is 12.1 Å². The molecule has 0 saturated carbocycles. The number of nitrogens with zero attached hydrogens (tertiary/aromatic N) is 2. The van der Waals surface area contributed by atoms with E-state index in [9.17, 15) is 13.5 Å². The minimum absolute atomic E-state index is 0.133. The molecule has 2 rings (SSSR count). The van der Waals surface area contributed by atoms with Gasteiger partial charge in [0.05, 0.1) is 0 Å². The van der Waals surface area contributed by atoms with Crippen LogP contribution in [0.4, 0.5) is 0 Å². The number of aromatic nitrogens is 1. The van der Waals surface area contributed by atoms with Crippen LogP contribution >= 0.6 is 15.9 Å². The van der Waals surface area contributed by atoms with Crippen molar-refractivity contribution in [2.45, 2.75) is 11.4 Å². The van der Waals surface area contributed by atoms with Crippen LogP contribution in [0.3, 0.4) is 0 Å². The highest BCUT2D eigenvalue weighted by Crippen LogP contribution is 2.20. The van der Waals surface area contributed by atoms with Crippen molar-refractivity contribution in [2.24, 2.45) is 0 Å². The Hall–Kier alpha value is -1.44. The Morgan fingerprint density at radius 1 is 1.25 bits per heavy atom. The molecule has 1 heterocycles. The van der Waals surface area contributed by atoms with Crippen molar-refractivity contribution in [1.29, 1.82) is 0 Å². The lowest BCUT2D eigenvalue weighted by Crippen LogP contribution is -2.26. The van der Waals surface area contributed by atoms with Gasteiger partial charge in [0.15, 0.2) is 0 Å². The molecule has 7 heteroatoms. The molecule has 0 aliphatic rings. The minimum Gasteiger partial charge on any atom is -0.508 e. The van der Waals surface area contributed by atoms with E-state index in [1.807, 2.05) is 0 Å². The number of benzene rings is 1. The van der Waals surface area contributed by atoms with Gasteiger partial charge in [0.25, 0.3) is 0 Å².